The molecule has 2 aromatic carbocycles. The molecule has 1 amide bonds. The summed E-state index contributed by atoms with van der Waals surface area (Å²) < 4.78 is 16.8. The maximum Gasteiger partial charge on any atom is 0.257 e. The van der Waals surface area contributed by atoms with E-state index in [1.54, 1.807) is 0 Å². The van der Waals surface area contributed by atoms with Crippen LogP contribution in [0.4, 0.5) is 0 Å². The number of likely N-dealkylation sites (tertiary alicyclic amines) is 1. The van der Waals surface area contributed by atoms with E-state index in [2.05, 4.69) is 29.2 Å². The number of aryl methyl sites for hydroxylation is 1. The van der Waals surface area contributed by atoms with Crippen molar-refractivity contribution in [3.05, 3.63) is 59.4 Å². The average molecular weight is 450 g/mol. The van der Waals surface area contributed by atoms with Crippen LogP contribution in [-0.2, 0) is 17.6 Å². The van der Waals surface area contributed by atoms with Crippen LogP contribution in [0, 0.1) is 0 Å². The molecule has 7 nitrogen and oxygen atoms in total. The van der Waals surface area contributed by atoms with Crippen molar-refractivity contribution in [3.8, 4) is 23.0 Å². The van der Waals surface area contributed by atoms with Crippen LogP contribution >= 0.6 is 0 Å². The van der Waals surface area contributed by atoms with E-state index in [0.29, 0.717) is 44.4 Å². The quantitative estimate of drug-likeness (QED) is 0.448. The molecular formula is C26H31N3O4. The molecule has 0 spiro atoms. The van der Waals surface area contributed by atoms with Gasteiger partial charge in [-0.3, -0.25) is 4.79 Å². The smallest absolute Gasteiger partial charge is 0.257 e. The molecule has 0 saturated carbocycles. The standard InChI is InChI=1S/C26H31N3O4/c1-4-18-7-10-20(11-8-18)26-27-25(28-33-26)21-16-24(30)29(17-21)14-13-19-9-12-22(31-5-2)23(15-19)32-6-3/h7-12,15,21H,4-6,13-14,16-17H2,1-3H3. The van der Waals surface area contributed by atoms with Crippen LogP contribution in [0.1, 0.15) is 50.1 Å². The van der Waals surface area contributed by atoms with Crippen molar-refractivity contribution in [3.63, 3.8) is 0 Å². The molecule has 2 heterocycles. The van der Waals surface area contributed by atoms with Crippen LogP contribution in [0.3, 0.4) is 0 Å². The first-order valence-corrected chi connectivity index (χ1v) is 11.7. The van der Waals surface area contributed by atoms with E-state index < -0.39 is 0 Å². The van der Waals surface area contributed by atoms with E-state index in [0.717, 1.165) is 35.5 Å². The summed E-state index contributed by atoms with van der Waals surface area (Å²) in [6.45, 7) is 8.43. The highest BCUT2D eigenvalue weighted by atomic mass is 16.5. The minimum Gasteiger partial charge on any atom is -0.490 e. The summed E-state index contributed by atoms with van der Waals surface area (Å²) in [5.74, 6) is 2.65. The number of nitrogens with zero attached hydrogens (tertiary/aromatic N) is 3. The SMILES string of the molecule is CCOc1ccc(CCN2CC(c3noc(-c4ccc(CC)cc4)n3)CC2=O)cc1OCC. The third kappa shape index (κ3) is 5.35. The maximum absolute atomic E-state index is 12.6. The number of aromatic nitrogens is 2. The third-order valence-corrected chi connectivity index (χ3v) is 5.91. The monoisotopic (exact) mass is 449 g/mol. The summed E-state index contributed by atoms with van der Waals surface area (Å²) in [6.07, 6.45) is 2.13. The molecule has 1 aliphatic heterocycles. The molecule has 1 saturated heterocycles. The first-order chi connectivity index (χ1) is 16.1. The average Bonchev–Trinajstić information content (AvgIpc) is 3.46. The molecule has 174 valence electrons. The van der Waals surface area contributed by atoms with Gasteiger partial charge in [0.25, 0.3) is 5.89 Å². The molecule has 1 aromatic heterocycles. The lowest BCUT2D eigenvalue weighted by molar-refractivity contribution is -0.127. The van der Waals surface area contributed by atoms with Crippen molar-refractivity contribution >= 4 is 5.91 Å². The Morgan fingerprint density at radius 1 is 1.00 bits per heavy atom. The van der Waals surface area contributed by atoms with Gasteiger partial charge in [-0.1, -0.05) is 30.3 Å². The topological polar surface area (TPSA) is 77.7 Å². The Hall–Kier alpha value is -3.35. The van der Waals surface area contributed by atoms with E-state index in [4.69, 9.17) is 14.0 Å². The Bertz CT molecular complexity index is 1080. The summed E-state index contributed by atoms with van der Waals surface area (Å²) >= 11 is 0. The van der Waals surface area contributed by atoms with Gasteiger partial charge < -0.3 is 18.9 Å². The molecule has 0 radical (unpaired) electrons. The largest absolute Gasteiger partial charge is 0.490 e. The molecule has 1 atom stereocenters. The van der Waals surface area contributed by atoms with Gasteiger partial charge in [0.1, 0.15) is 0 Å². The lowest BCUT2D eigenvalue weighted by atomic mass is 10.1. The van der Waals surface area contributed by atoms with Crippen molar-refractivity contribution in [1.29, 1.82) is 0 Å². The number of hydrogen-bond donors (Lipinski definition) is 0. The first kappa shape index (κ1) is 22.8. The predicted octanol–water partition coefficient (Wildman–Crippen LogP) is 4.66. The van der Waals surface area contributed by atoms with Crippen molar-refractivity contribution in [1.82, 2.24) is 15.0 Å². The van der Waals surface area contributed by atoms with Crippen LogP contribution in [0.15, 0.2) is 47.0 Å². The van der Waals surface area contributed by atoms with Crippen molar-refractivity contribution in [2.45, 2.75) is 46.0 Å². The molecule has 0 aliphatic carbocycles. The highest BCUT2D eigenvalue weighted by Gasteiger charge is 2.33. The molecule has 1 unspecified atom stereocenters. The van der Waals surface area contributed by atoms with Gasteiger partial charge in [-0.25, -0.2) is 0 Å². The molecule has 33 heavy (non-hydrogen) atoms. The van der Waals surface area contributed by atoms with Crippen LogP contribution in [-0.4, -0.2) is 47.3 Å². The van der Waals surface area contributed by atoms with Crippen molar-refractivity contribution < 1.29 is 18.8 Å². The van der Waals surface area contributed by atoms with Crippen LogP contribution in [0.2, 0.25) is 0 Å². The fourth-order valence-electron chi connectivity index (χ4n) is 4.08. The fraction of sp³-hybridized carbons (Fsp3) is 0.423. The van der Waals surface area contributed by atoms with Gasteiger partial charge >= 0.3 is 0 Å². The number of rotatable bonds is 10. The molecule has 1 fully saturated rings. The lowest BCUT2D eigenvalue weighted by Crippen LogP contribution is -2.27. The van der Waals surface area contributed by atoms with Crippen LogP contribution in [0.5, 0.6) is 11.5 Å². The van der Waals surface area contributed by atoms with E-state index in [-0.39, 0.29) is 11.8 Å². The molecule has 7 heteroatoms. The molecule has 0 bridgehead atoms. The lowest BCUT2D eigenvalue weighted by Gasteiger charge is -2.17. The zero-order chi connectivity index (χ0) is 23.2. The number of hydrogen-bond acceptors (Lipinski definition) is 6. The van der Waals surface area contributed by atoms with Gasteiger partial charge in [0.2, 0.25) is 5.91 Å². The van der Waals surface area contributed by atoms with E-state index >= 15 is 0 Å². The second kappa shape index (κ2) is 10.5. The van der Waals surface area contributed by atoms with Gasteiger partial charge in [-0.2, -0.15) is 4.98 Å². The molecule has 3 aromatic rings. The van der Waals surface area contributed by atoms with Gasteiger partial charge in [-0.05, 0) is 62.1 Å². The molecule has 1 aliphatic rings. The number of carbonyl (C=O) groups excluding carboxylic acids is 1. The van der Waals surface area contributed by atoms with E-state index in [1.807, 2.05) is 49.1 Å². The van der Waals surface area contributed by atoms with Crippen molar-refractivity contribution in [2.24, 2.45) is 0 Å². The van der Waals surface area contributed by atoms with Gasteiger partial charge in [0.15, 0.2) is 17.3 Å². The summed E-state index contributed by atoms with van der Waals surface area (Å²) in [5, 5.41) is 4.17. The van der Waals surface area contributed by atoms with Gasteiger partial charge in [0.05, 0.1) is 13.2 Å². The minimum absolute atomic E-state index is 0.0516. The van der Waals surface area contributed by atoms with Gasteiger partial charge in [-0.15, -0.1) is 0 Å². The Morgan fingerprint density at radius 2 is 1.73 bits per heavy atom. The maximum atomic E-state index is 12.6. The highest BCUT2D eigenvalue weighted by molar-refractivity contribution is 5.79. The number of benzene rings is 2. The zero-order valence-corrected chi connectivity index (χ0v) is 19.5. The Morgan fingerprint density at radius 3 is 2.45 bits per heavy atom. The Balaban J connectivity index is 1.38. The van der Waals surface area contributed by atoms with Crippen LogP contribution in [0.25, 0.3) is 11.5 Å². The number of ether oxygens (including phenoxy) is 2. The number of carbonyl (C=O) groups is 1. The Labute approximate surface area is 194 Å². The fourth-order valence-corrected chi connectivity index (χ4v) is 4.08. The zero-order valence-electron chi connectivity index (χ0n) is 19.5. The highest BCUT2D eigenvalue weighted by Crippen LogP contribution is 2.31. The van der Waals surface area contributed by atoms with E-state index in [1.165, 1.54) is 5.56 Å². The summed E-state index contributed by atoms with van der Waals surface area (Å²) in [5.41, 5.74) is 3.26. The number of amides is 1. The normalized spacial score (nSPS) is 15.8. The van der Waals surface area contributed by atoms with E-state index in [9.17, 15) is 4.79 Å². The molecule has 4 rings (SSSR count). The summed E-state index contributed by atoms with van der Waals surface area (Å²) in [7, 11) is 0. The van der Waals surface area contributed by atoms with Gasteiger partial charge in [0, 0.05) is 31.0 Å². The second-order valence-electron chi connectivity index (χ2n) is 8.15. The third-order valence-electron chi connectivity index (χ3n) is 5.91. The van der Waals surface area contributed by atoms with Crippen molar-refractivity contribution in [2.75, 3.05) is 26.3 Å². The molecule has 0 N–H and O–H groups in total. The van der Waals surface area contributed by atoms with Crippen LogP contribution < -0.4 is 9.47 Å². The molecular weight excluding hydrogens is 418 g/mol. The second-order valence-corrected chi connectivity index (χ2v) is 8.15. The predicted molar refractivity (Wildman–Crippen MR) is 126 cm³/mol. The first-order valence-electron chi connectivity index (χ1n) is 11.7. The summed E-state index contributed by atoms with van der Waals surface area (Å²) in [6, 6.07) is 14.1. The summed E-state index contributed by atoms with van der Waals surface area (Å²) in [4.78, 5) is 19.1. The minimum atomic E-state index is -0.0516. The Kier molecular flexibility index (Phi) is 7.27.